The second-order valence-corrected chi connectivity index (χ2v) is 7.23. The molecule has 0 aromatic carbocycles. The number of carbonyl (C=O) groups is 1. The van der Waals surface area contributed by atoms with Gasteiger partial charge in [-0.05, 0) is 38.0 Å². The summed E-state index contributed by atoms with van der Waals surface area (Å²) in [4.78, 5) is 12.0. The Labute approximate surface area is 142 Å². The summed E-state index contributed by atoms with van der Waals surface area (Å²) in [5.74, 6) is 0.895. The van der Waals surface area contributed by atoms with Crippen LogP contribution in [0.2, 0.25) is 0 Å². The van der Waals surface area contributed by atoms with Crippen molar-refractivity contribution in [1.29, 1.82) is 0 Å². The van der Waals surface area contributed by atoms with Gasteiger partial charge in [0.2, 0.25) is 0 Å². The lowest BCUT2D eigenvalue weighted by Crippen LogP contribution is -2.49. The van der Waals surface area contributed by atoms with Crippen LogP contribution in [-0.2, 0) is 4.79 Å². The Morgan fingerprint density at radius 2 is 1.77 bits per heavy atom. The quantitative estimate of drug-likeness (QED) is 0.638. The fourth-order valence-corrected chi connectivity index (χ4v) is 3.11. The van der Waals surface area contributed by atoms with Crippen LogP contribution in [0, 0.1) is 11.8 Å². The topological polar surface area (TPSA) is 75.3 Å². The van der Waals surface area contributed by atoms with E-state index in [1.807, 2.05) is 6.92 Å². The fourth-order valence-electron chi connectivity index (χ4n) is 3.11. The highest BCUT2D eigenvalue weighted by atomic mass is 35.5. The smallest absolute Gasteiger partial charge is 0.250 e. The van der Waals surface area contributed by atoms with Gasteiger partial charge in [0.25, 0.3) is 5.91 Å². The van der Waals surface area contributed by atoms with Crippen LogP contribution in [0.5, 0.6) is 0 Å². The second kappa shape index (κ2) is 11.3. The normalized spacial score (nSPS) is 20.1. The first-order chi connectivity index (χ1) is 9.90. The van der Waals surface area contributed by atoms with E-state index in [2.05, 4.69) is 19.2 Å². The number of carbonyl (C=O) groups excluding carboxylic acids is 1. The molecule has 0 radical (unpaired) electrons. The number of hydrogen-bond acceptors (Lipinski definition) is 3. The van der Waals surface area contributed by atoms with Crippen molar-refractivity contribution in [3.05, 3.63) is 0 Å². The molecule has 1 rings (SSSR count). The average Bonchev–Trinajstić information content (AvgIpc) is 2.45. The highest BCUT2D eigenvalue weighted by Gasteiger charge is 2.27. The summed E-state index contributed by atoms with van der Waals surface area (Å²) in [6, 6.07) is -0.346. The lowest BCUT2D eigenvalue weighted by molar-refractivity contribution is -0.131. The van der Waals surface area contributed by atoms with E-state index in [0.717, 1.165) is 19.3 Å². The summed E-state index contributed by atoms with van der Waals surface area (Å²) in [6.45, 7) is 6.33. The van der Waals surface area contributed by atoms with Gasteiger partial charge in [-0.3, -0.25) is 4.79 Å². The van der Waals surface area contributed by atoms with Crippen LogP contribution in [0.25, 0.3) is 0 Å². The van der Waals surface area contributed by atoms with Crippen molar-refractivity contribution >= 4 is 18.3 Å². The molecule has 1 aliphatic carbocycles. The summed E-state index contributed by atoms with van der Waals surface area (Å²) >= 11 is 0. The van der Waals surface area contributed by atoms with E-state index in [0.29, 0.717) is 11.8 Å². The van der Waals surface area contributed by atoms with E-state index in [9.17, 15) is 9.90 Å². The molecule has 4 nitrogen and oxygen atoms in total. The van der Waals surface area contributed by atoms with Crippen molar-refractivity contribution in [3.63, 3.8) is 0 Å². The molecule has 0 aliphatic heterocycles. The zero-order chi connectivity index (χ0) is 15.8. The van der Waals surface area contributed by atoms with Gasteiger partial charge in [0.1, 0.15) is 6.10 Å². The van der Waals surface area contributed by atoms with Gasteiger partial charge in [-0.15, -0.1) is 12.4 Å². The Hall–Kier alpha value is -0.320. The molecule has 1 aliphatic rings. The van der Waals surface area contributed by atoms with Crippen LogP contribution in [0.3, 0.4) is 0 Å². The van der Waals surface area contributed by atoms with Gasteiger partial charge >= 0.3 is 0 Å². The van der Waals surface area contributed by atoms with Crippen LogP contribution >= 0.6 is 12.4 Å². The number of aliphatic hydroxyl groups is 1. The molecule has 1 fully saturated rings. The first-order valence-electron chi connectivity index (χ1n) is 8.64. The van der Waals surface area contributed by atoms with E-state index < -0.39 is 12.1 Å². The first kappa shape index (κ1) is 21.7. The fraction of sp³-hybridized carbons (Fsp3) is 0.941. The van der Waals surface area contributed by atoms with Crippen LogP contribution in [0.15, 0.2) is 0 Å². The van der Waals surface area contributed by atoms with Crippen molar-refractivity contribution in [2.24, 2.45) is 17.6 Å². The Morgan fingerprint density at radius 1 is 1.18 bits per heavy atom. The number of nitrogens with two attached hydrogens (primary N) is 1. The van der Waals surface area contributed by atoms with Crippen molar-refractivity contribution in [2.45, 2.75) is 90.3 Å². The number of nitrogens with one attached hydrogen (secondary N) is 1. The third kappa shape index (κ3) is 8.35. The summed E-state index contributed by atoms with van der Waals surface area (Å²) in [7, 11) is 0. The van der Waals surface area contributed by atoms with Gasteiger partial charge in [-0.2, -0.15) is 0 Å². The predicted molar refractivity (Wildman–Crippen MR) is 94.1 cm³/mol. The van der Waals surface area contributed by atoms with Crippen LogP contribution in [0.1, 0.15) is 72.1 Å². The molecule has 1 saturated carbocycles. The van der Waals surface area contributed by atoms with E-state index in [-0.39, 0.29) is 24.4 Å². The molecular formula is C17H35ClN2O2. The molecule has 0 aromatic rings. The van der Waals surface area contributed by atoms with E-state index in [1.54, 1.807) is 0 Å². The number of halogens is 1. The molecule has 3 atom stereocenters. The third-order valence-electron chi connectivity index (χ3n) is 4.57. The molecule has 5 heteroatoms. The summed E-state index contributed by atoms with van der Waals surface area (Å²) in [5.41, 5.74) is 6.04. The van der Waals surface area contributed by atoms with Crippen LogP contribution in [-0.4, -0.2) is 29.2 Å². The molecule has 0 spiro atoms. The molecule has 4 N–H and O–H groups in total. The Morgan fingerprint density at radius 3 is 2.32 bits per heavy atom. The highest BCUT2D eigenvalue weighted by Crippen LogP contribution is 2.27. The number of hydrogen-bond donors (Lipinski definition) is 3. The van der Waals surface area contributed by atoms with E-state index in [4.69, 9.17) is 5.73 Å². The molecule has 2 unspecified atom stereocenters. The molecule has 22 heavy (non-hydrogen) atoms. The molecule has 0 heterocycles. The summed E-state index contributed by atoms with van der Waals surface area (Å²) in [5, 5.41) is 13.0. The minimum absolute atomic E-state index is 0. The molecule has 1 amide bonds. The largest absolute Gasteiger partial charge is 0.382 e. The van der Waals surface area contributed by atoms with Gasteiger partial charge in [0.15, 0.2) is 0 Å². The third-order valence-corrected chi connectivity index (χ3v) is 4.57. The maximum Gasteiger partial charge on any atom is 0.250 e. The van der Waals surface area contributed by atoms with Gasteiger partial charge in [-0.25, -0.2) is 0 Å². The Bertz CT molecular complexity index is 307. The zero-order valence-corrected chi connectivity index (χ0v) is 15.2. The van der Waals surface area contributed by atoms with Crippen LogP contribution in [0.4, 0.5) is 0 Å². The average molecular weight is 335 g/mol. The SMILES string of the molecule is CC(C)CCC(C)NC(=O)C(O)[C@H](N)CC1CCCCC1.Cl. The Kier molecular flexibility index (Phi) is 11.1. The minimum atomic E-state index is -1.08. The standard InChI is InChI=1S/C17H34N2O2.ClH/c1-12(2)9-10-13(3)19-17(21)16(20)15(18)11-14-7-5-4-6-8-14;/h12-16,20H,4-11,18H2,1-3H3,(H,19,21);1H/t13?,15-,16?;/m1./s1. The summed E-state index contributed by atoms with van der Waals surface area (Å²) < 4.78 is 0. The van der Waals surface area contributed by atoms with Crippen molar-refractivity contribution < 1.29 is 9.90 Å². The lowest BCUT2D eigenvalue weighted by Gasteiger charge is -2.27. The predicted octanol–water partition coefficient (Wildman–Crippen LogP) is 3.01. The monoisotopic (exact) mass is 334 g/mol. The molecule has 0 aromatic heterocycles. The van der Waals surface area contributed by atoms with Crippen molar-refractivity contribution in [2.75, 3.05) is 0 Å². The van der Waals surface area contributed by atoms with Crippen LogP contribution < -0.4 is 11.1 Å². The lowest BCUT2D eigenvalue weighted by atomic mass is 9.84. The van der Waals surface area contributed by atoms with E-state index >= 15 is 0 Å². The maximum absolute atomic E-state index is 12.0. The first-order valence-corrected chi connectivity index (χ1v) is 8.64. The molecular weight excluding hydrogens is 300 g/mol. The molecule has 0 bridgehead atoms. The maximum atomic E-state index is 12.0. The van der Waals surface area contributed by atoms with Crippen molar-refractivity contribution in [3.8, 4) is 0 Å². The van der Waals surface area contributed by atoms with Gasteiger partial charge in [0.05, 0.1) is 0 Å². The Balaban J connectivity index is 0.00000441. The van der Waals surface area contributed by atoms with Gasteiger partial charge in [-0.1, -0.05) is 46.0 Å². The molecule has 0 saturated heterocycles. The number of aliphatic hydroxyl groups excluding tert-OH is 1. The molecule has 132 valence electrons. The second-order valence-electron chi connectivity index (χ2n) is 7.23. The number of amides is 1. The van der Waals surface area contributed by atoms with Gasteiger partial charge in [0, 0.05) is 12.1 Å². The van der Waals surface area contributed by atoms with Crippen molar-refractivity contribution in [1.82, 2.24) is 5.32 Å². The number of rotatable bonds is 8. The zero-order valence-electron chi connectivity index (χ0n) is 14.4. The highest BCUT2D eigenvalue weighted by molar-refractivity contribution is 5.85. The van der Waals surface area contributed by atoms with E-state index in [1.165, 1.54) is 32.1 Å². The summed E-state index contributed by atoms with van der Waals surface area (Å²) in [6.07, 6.45) is 7.89. The minimum Gasteiger partial charge on any atom is -0.382 e. The van der Waals surface area contributed by atoms with Gasteiger partial charge < -0.3 is 16.2 Å².